The molecule has 1 aliphatic rings. The van der Waals surface area contributed by atoms with E-state index in [0.717, 1.165) is 0 Å². The summed E-state index contributed by atoms with van der Waals surface area (Å²) >= 11 is 0. The lowest BCUT2D eigenvalue weighted by atomic mass is 10.5. The number of hydrogen-bond donors (Lipinski definition) is 0. The van der Waals surface area contributed by atoms with Crippen LogP contribution in [0.3, 0.4) is 0 Å². The van der Waals surface area contributed by atoms with E-state index in [1.165, 1.54) is 0 Å². The van der Waals surface area contributed by atoms with E-state index in [4.69, 9.17) is 0 Å². The van der Waals surface area contributed by atoms with Crippen molar-refractivity contribution in [3.63, 3.8) is 0 Å². The first-order valence-electron chi connectivity index (χ1n) is 2.01. The fourth-order valence-electron chi connectivity index (χ4n) is 0.530. The Morgan fingerprint density at radius 1 is 1.71 bits per heavy atom. The van der Waals surface area contributed by atoms with Gasteiger partial charge in [-0.25, -0.2) is 0 Å². The van der Waals surface area contributed by atoms with Gasteiger partial charge < -0.3 is 0 Å². The monoisotopic (exact) mass is 122 g/mol. The molecule has 0 bridgehead atoms. The summed E-state index contributed by atoms with van der Waals surface area (Å²) in [6, 6.07) is 0. The molecular formula is C3H6O3S. The molecule has 0 amide bonds. The molecule has 0 aromatic carbocycles. The fraction of sp³-hybridized carbons (Fsp3) is 1.00. The van der Waals surface area contributed by atoms with Crippen molar-refractivity contribution in [1.29, 1.82) is 0 Å². The zero-order chi connectivity index (χ0) is 5.49. The highest BCUT2D eigenvalue weighted by molar-refractivity contribution is 7.87. The third-order valence-electron chi connectivity index (χ3n) is 0.750. The van der Waals surface area contributed by atoms with Crippen LogP contribution in [0.25, 0.3) is 0 Å². The largest absolute Gasteiger partial charge is 0.270 e. The maximum atomic E-state index is 10.1. The summed E-state index contributed by atoms with van der Waals surface area (Å²) in [7, 11) is -3.03. The first-order valence-corrected chi connectivity index (χ1v) is 3.59. The molecule has 1 rings (SSSR count). The third kappa shape index (κ3) is 0.920. The Kier molecular flexibility index (Phi) is 0.864. The predicted molar refractivity (Wildman–Crippen MR) is 24.3 cm³/mol. The topological polar surface area (TPSA) is 43.4 Å². The molecule has 0 radical (unpaired) electrons. The van der Waals surface area contributed by atoms with E-state index >= 15 is 0 Å². The van der Waals surface area contributed by atoms with Crippen LogP contribution >= 0.6 is 0 Å². The summed E-state index contributed by atoms with van der Waals surface area (Å²) in [6.45, 7) is 1.72. The second kappa shape index (κ2) is 1.20. The molecule has 0 aromatic heterocycles. The molecule has 0 spiro atoms. The first-order chi connectivity index (χ1) is 3.10. The first kappa shape index (κ1) is 5.05. The van der Waals surface area contributed by atoms with Crippen molar-refractivity contribution in [3.8, 4) is 0 Å². The Morgan fingerprint density at radius 2 is 2.14 bits per heavy atom. The zero-order valence-corrected chi connectivity index (χ0v) is 4.73. The molecule has 1 atom stereocenters. The second-order valence-electron chi connectivity index (χ2n) is 1.63. The van der Waals surface area contributed by atoms with Gasteiger partial charge in [0.25, 0.3) is 10.1 Å². The minimum atomic E-state index is -3.03. The highest BCUT2D eigenvalue weighted by Gasteiger charge is 2.30. The molecule has 3 nitrogen and oxygen atoms in total. The maximum Gasteiger partial charge on any atom is 0.270 e. The molecule has 1 unspecified atom stereocenters. The van der Waals surface area contributed by atoms with Gasteiger partial charge in [0.1, 0.15) is 5.75 Å². The molecule has 0 N–H and O–H groups in total. The van der Waals surface area contributed by atoms with Gasteiger partial charge in [-0.05, 0) is 6.92 Å². The van der Waals surface area contributed by atoms with Gasteiger partial charge in [0.05, 0.1) is 6.10 Å². The molecule has 42 valence electrons. The summed E-state index contributed by atoms with van der Waals surface area (Å²) in [4.78, 5) is 0. The zero-order valence-electron chi connectivity index (χ0n) is 3.92. The van der Waals surface area contributed by atoms with Crippen LogP contribution in [0.5, 0.6) is 0 Å². The van der Waals surface area contributed by atoms with Gasteiger partial charge in [-0.1, -0.05) is 0 Å². The van der Waals surface area contributed by atoms with Crippen molar-refractivity contribution in [2.24, 2.45) is 0 Å². The van der Waals surface area contributed by atoms with Gasteiger partial charge in [0.2, 0.25) is 0 Å². The van der Waals surface area contributed by atoms with Crippen LogP contribution in [0.15, 0.2) is 0 Å². The predicted octanol–water partition coefficient (Wildman–Crippen LogP) is -0.265. The van der Waals surface area contributed by atoms with E-state index in [1.807, 2.05) is 0 Å². The summed E-state index contributed by atoms with van der Waals surface area (Å²) < 4.78 is 24.4. The summed E-state index contributed by atoms with van der Waals surface area (Å²) in [5.74, 6) is 0.188. The lowest BCUT2D eigenvalue weighted by Crippen LogP contribution is -2.35. The van der Waals surface area contributed by atoms with Gasteiger partial charge >= 0.3 is 0 Å². The Hall–Kier alpha value is -0.0900. The maximum absolute atomic E-state index is 10.1. The van der Waals surface area contributed by atoms with E-state index in [9.17, 15) is 8.42 Å². The van der Waals surface area contributed by atoms with Gasteiger partial charge in [-0.3, -0.25) is 4.18 Å². The normalized spacial score (nSPS) is 37.0. The SMILES string of the molecule is CC1CS(=O)(=O)O1. The van der Waals surface area contributed by atoms with Crippen LogP contribution in [-0.4, -0.2) is 20.3 Å². The molecule has 0 aliphatic carbocycles. The molecule has 1 aliphatic heterocycles. The third-order valence-corrected chi connectivity index (χ3v) is 2.25. The second-order valence-corrected chi connectivity index (χ2v) is 3.27. The van der Waals surface area contributed by atoms with Gasteiger partial charge in [0.15, 0.2) is 0 Å². The average molecular weight is 122 g/mol. The highest BCUT2D eigenvalue weighted by Crippen LogP contribution is 2.13. The molecular weight excluding hydrogens is 116 g/mol. The van der Waals surface area contributed by atoms with E-state index in [-0.39, 0.29) is 11.9 Å². The van der Waals surface area contributed by atoms with E-state index in [1.54, 1.807) is 6.92 Å². The average Bonchev–Trinajstić information content (AvgIpc) is 1.27. The Labute approximate surface area is 42.4 Å². The quantitative estimate of drug-likeness (QED) is 0.415. The number of rotatable bonds is 0. The van der Waals surface area contributed by atoms with Crippen molar-refractivity contribution in [1.82, 2.24) is 0 Å². The van der Waals surface area contributed by atoms with Crippen LogP contribution in [0.1, 0.15) is 6.92 Å². The highest BCUT2D eigenvalue weighted by atomic mass is 32.2. The van der Waals surface area contributed by atoms with Crippen LogP contribution < -0.4 is 0 Å². The summed E-state index contributed by atoms with van der Waals surface area (Å²) in [5, 5.41) is 0. The molecule has 4 heteroatoms. The Balaban J connectivity index is 2.61. The van der Waals surface area contributed by atoms with Gasteiger partial charge in [0, 0.05) is 0 Å². The standard InChI is InChI=1S/C3H6O3S/c1-3-2-7(4,5)6-3/h3H,2H2,1H3. The van der Waals surface area contributed by atoms with Crippen molar-refractivity contribution in [2.75, 3.05) is 5.75 Å². The van der Waals surface area contributed by atoms with Crippen LogP contribution in [-0.2, 0) is 14.3 Å². The van der Waals surface area contributed by atoms with Crippen molar-refractivity contribution < 1.29 is 12.6 Å². The lowest BCUT2D eigenvalue weighted by Gasteiger charge is -2.20. The number of hydrogen-bond acceptors (Lipinski definition) is 3. The Morgan fingerprint density at radius 3 is 2.14 bits per heavy atom. The van der Waals surface area contributed by atoms with Crippen LogP contribution in [0, 0.1) is 0 Å². The molecule has 0 saturated carbocycles. The van der Waals surface area contributed by atoms with E-state index in [0.29, 0.717) is 0 Å². The van der Waals surface area contributed by atoms with Crippen molar-refractivity contribution in [2.45, 2.75) is 13.0 Å². The van der Waals surface area contributed by atoms with Crippen LogP contribution in [0.2, 0.25) is 0 Å². The van der Waals surface area contributed by atoms with E-state index in [2.05, 4.69) is 4.18 Å². The Bertz CT molecular complexity index is 145. The minimum absolute atomic E-state index is 0.0787. The minimum Gasteiger partial charge on any atom is -0.266 e. The smallest absolute Gasteiger partial charge is 0.266 e. The molecule has 1 saturated heterocycles. The summed E-state index contributed by atoms with van der Waals surface area (Å²) in [6.07, 6.45) is -0.0787. The fourth-order valence-corrected chi connectivity index (χ4v) is 1.59. The molecule has 1 fully saturated rings. The van der Waals surface area contributed by atoms with Gasteiger partial charge in [-0.2, -0.15) is 8.42 Å². The van der Waals surface area contributed by atoms with Crippen LogP contribution in [0.4, 0.5) is 0 Å². The van der Waals surface area contributed by atoms with Crippen molar-refractivity contribution in [3.05, 3.63) is 0 Å². The van der Waals surface area contributed by atoms with Gasteiger partial charge in [-0.15, -0.1) is 0 Å². The molecule has 7 heavy (non-hydrogen) atoms. The van der Waals surface area contributed by atoms with E-state index < -0.39 is 10.1 Å². The molecule has 1 heterocycles. The summed E-state index contributed by atoms with van der Waals surface area (Å²) in [5.41, 5.74) is 0. The van der Waals surface area contributed by atoms with Crippen molar-refractivity contribution >= 4 is 10.1 Å². The molecule has 0 aromatic rings. The lowest BCUT2D eigenvalue weighted by molar-refractivity contribution is 0.198.